The first-order chi connectivity index (χ1) is 12.0. The molecule has 1 saturated heterocycles. The molecular formula is C18H22N4O3. The molecule has 25 heavy (non-hydrogen) atoms. The summed E-state index contributed by atoms with van der Waals surface area (Å²) in [5.74, 6) is 0.666. The molecule has 3 rings (SSSR count). The van der Waals surface area contributed by atoms with Crippen LogP contribution in [0.5, 0.6) is 0 Å². The molecule has 2 aromatic rings. The Balaban J connectivity index is 1.59. The highest BCUT2D eigenvalue weighted by Gasteiger charge is 2.25. The van der Waals surface area contributed by atoms with Crippen molar-refractivity contribution < 1.29 is 14.1 Å². The maximum absolute atomic E-state index is 12.6. The summed E-state index contributed by atoms with van der Waals surface area (Å²) < 4.78 is 5.01. The van der Waals surface area contributed by atoms with Gasteiger partial charge in [-0.15, -0.1) is 0 Å². The zero-order chi connectivity index (χ0) is 17.8. The van der Waals surface area contributed by atoms with Crippen molar-refractivity contribution in [1.29, 1.82) is 0 Å². The maximum Gasteiger partial charge on any atom is 0.242 e. The monoisotopic (exact) mass is 342 g/mol. The van der Waals surface area contributed by atoms with Gasteiger partial charge in [-0.3, -0.25) is 14.5 Å². The van der Waals surface area contributed by atoms with Gasteiger partial charge in [-0.1, -0.05) is 23.4 Å². The number of benzene rings is 1. The molecule has 0 radical (unpaired) electrons. The molecule has 132 valence electrons. The fourth-order valence-corrected chi connectivity index (χ4v) is 2.92. The van der Waals surface area contributed by atoms with Gasteiger partial charge in [0.25, 0.3) is 0 Å². The number of rotatable bonds is 4. The summed E-state index contributed by atoms with van der Waals surface area (Å²) in [6, 6.07) is 11.8. The van der Waals surface area contributed by atoms with E-state index in [1.807, 2.05) is 18.2 Å². The van der Waals surface area contributed by atoms with Gasteiger partial charge in [0.05, 0.1) is 0 Å². The van der Waals surface area contributed by atoms with E-state index in [9.17, 15) is 9.59 Å². The Labute approximate surface area is 146 Å². The van der Waals surface area contributed by atoms with Gasteiger partial charge in [0.15, 0.2) is 5.82 Å². The molecular weight excluding hydrogens is 320 g/mol. The van der Waals surface area contributed by atoms with E-state index in [4.69, 9.17) is 4.52 Å². The lowest BCUT2D eigenvalue weighted by Gasteiger charge is -2.36. The number of hydrogen-bond acceptors (Lipinski definition) is 5. The van der Waals surface area contributed by atoms with Crippen LogP contribution < -0.4 is 9.80 Å². The van der Waals surface area contributed by atoms with Crippen LogP contribution in [0.3, 0.4) is 0 Å². The van der Waals surface area contributed by atoms with Crippen molar-refractivity contribution in [3.63, 3.8) is 0 Å². The summed E-state index contributed by atoms with van der Waals surface area (Å²) in [4.78, 5) is 29.9. The number of nitrogens with zero attached hydrogens (tertiary/aromatic N) is 4. The molecule has 0 bridgehead atoms. The first-order valence-corrected chi connectivity index (χ1v) is 8.34. The van der Waals surface area contributed by atoms with Crippen molar-refractivity contribution in [2.45, 2.75) is 13.8 Å². The van der Waals surface area contributed by atoms with Crippen LogP contribution in [0.15, 0.2) is 40.9 Å². The number of aromatic nitrogens is 1. The Bertz CT molecular complexity index is 736. The number of carbonyl (C=O) groups excluding carboxylic acids is 2. The fourth-order valence-electron chi connectivity index (χ4n) is 2.92. The van der Waals surface area contributed by atoms with Gasteiger partial charge in [0.2, 0.25) is 11.8 Å². The molecule has 1 aromatic carbocycles. The Morgan fingerprint density at radius 3 is 2.40 bits per heavy atom. The fraction of sp³-hybridized carbons (Fsp3) is 0.389. The maximum atomic E-state index is 12.6. The highest BCUT2D eigenvalue weighted by atomic mass is 16.5. The Morgan fingerprint density at radius 2 is 1.84 bits per heavy atom. The topological polar surface area (TPSA) is 69.9 Å². The van der Waals surface area contributed by atoms with Gasteiger partial charge in [0.1, 0.15) is 12.3 Å². The molecule has 1 aromatic heterocycles. The Hall–Kier alpha value is -2.83. The zero-order valence-corrected chi connectivity index (χ0v) is 14.5. The van der Waals surface area contributed by atoms with Crippen molar-refractivity contribution in [2.24, 2.45) is 0 Å². The molecule has 0 atom stereocenters. The molecule has 1 fully saturated rings. The lowest BCUT2D eigenvalue weighted by Crippen LogP contribution is -2.51. The van der Waals surface area contributed by atoms with Crippen LogP contribution in [0.25, 0.3) is 0 Å². The van der Waals surface area contributed by atoms with Crippen molar-refractivity contribution in [3.8, 4) is 0 Å². The summed E-state index contributed by atoms with van der Waals surface area (Å²) >= 11 is 0. The van der Waals surface area contributed by atoms with E-state index in [0.717, 1.165) is 18.8 Å². The molecule has 1 aliphatic heterocycles. The first-order valence-electron chi connectivity index (χ1n) is 8.34. The second-order valence-corrected chi connectivity index (χ2v) is 6.10. The molecule has 1 aliphatic rings. The number of hydrogen-bond donors (Lipinski definition) is 0. The van der Waals surface area contributed by atoms with Gasteiger partial charge < -0.3 is 14.3 Å². The summed E-state index contributed by atoms with van der Waals surface area (Å²) in [6.45, 7) is 5.98. The van der Waals surface area contributed by atoms with Gasteiger partial charge in [-0.05, 0) is 19.1 Å². The summed E-state index contributed by atoms with van der Waals surface area (Å²) in [6.07, 6.45) is 0. The van der Waals surface area contributed by atoms with Gasteiger partial charge in [-0.2, -0.15) is 0 Å². The number of anilines is 2. The number of carbonyl (C=O) groups is 2. The van der Waals surface area contributed by atoms with E-state index in [0.29, 0.717) is 24.7 Å². The summed E-state index contributed by atoms with van der Waals surface area (Å²) in [5.41, 5.74) is 1.16. The van der Waals surface area contributed by atoms with Crippen molar-refractivity contribution in [2.75, 3.05) is 42.5 Å². The highest BCUT2D eigenvalue weighted by molar-refractivity contribution is 5.96. The average molecular weight is 342 g/mol. The second-order valence-electron chi connectivity index (χ2n) is 6.10. The quantitative estimate of drug-likeness (QED) is 0.846. The molecule has 0 saturated carbocycles. The standard InChI is InChI=1S/C18H22N4O3/c1-14-12-17(19-25-14)22(15(2)23)13-18(24)21-10-8-20(9-11-21)16-6-4-3-5-7-16/h3-7,12H,8-11,13H2,1-2H3. The van der Waals surface area contributed by atoms with E-state index in [1.165, 1.54) is 11.8 Å². The van der Waals surface area contributed by atoms with Crippen molar-refractivity contribution in [1.82, 2.24) is 10.1 Å². The van der Waals surface area contributed by atoms with Gasteiger partial charge in [0, 0.05) is 44.9 Å². The molecule has 0 unspecified atom stereocenters. The lowest BCUT2D eigenvalue weighted by atomic mass is 10.2. The first kappa shape index (κ1) is 17.0. The third-order valence-corrected chi connectivity index (χ3v) is 4.32. The van der Waals surface area contributed by atoms with E-state index < -0.39 is 0 Å². The van der Waals surface area contributed by atoms with Gasteiger partial charge in [-0.25, -0.2) is 0 Å². The van der Waals surface area contributed by atoms with E-state index in [2.05, 4.69) is 22.2 Å². The van der Waals surface area contributed by atoms with Crippen LogP contribution in [-0.2, 0) is 9.59 Å². The normalized spacial score (nSPS) is 14.5. The third-order valence-electron chi connectivity index (χ3n) is 4.32. The third kappa shape index (κ3) is 3.99. The second kappa shape index (κ2) is 7.38. The number of piperazine rings is 1. The molecule has 2 heterocycles. The Kier molecular flexibility index (Phi) is 5.02. The van der Waals surface area contributed by atoms with Crippen LogP contribution in [0.2, 0.25) is 0 Å². The minimum Gasteiger partial charge on any atom is -0.368 e. The predicted octanol–water partition coefficient (Wildman–Crippen LogP) is 1.68. The van der Waals surface area contributed by atoms with Crippen LogP contribution in [-0.4, -0.2) is 54.6 Å². The van der Waals surface area contributed by atoms with Gasteiger partial charge >= 0.3 is 0 Å². The van der Waals surface area contributed by atoms with Crippen molar-refractivity contribution >= 4 is 23.3 Å². The van der Waals surface area contributed by atoms with E-state index >= 15 is 0 Å². The van der Waals surface area contributed by atoms with E-state index in [1.54, 1.807) is 17.9 Å². The molecule has 7 heteroatoms. The molecule has 0 spiro atoms. The average Bonchev–Trinajstić information content (AvgIpc) is 3.06. The highest BCUT2D eigenvalue weighted by Crippen LogP contribution is 2.17. The molecule has 2 amide bonds. The summed E-state index contributed by atoms with van der Waals surface area (Å²) in [7, 11) is 0. The smallest absolute Gasteiger partial charge is 0.242 e. The number of aryl methyl sites for hydroxylation is 1. The van der Waals surface area contributed by atoms with Crippen LogP contribution in [0.1, 0.15) is 12.7 Å². The van der Waals surface area contributed by atoms with Crippen LogP contribution in [0, 0.1) is 6.92 Å². The largest absolute Gasteiger partial charge is 0.368 e. The summed E-state index contributed by atoms with van der Waals surface area (Å²) in [5, 5.41) is 3.84. The number of para-hydroxylation sites is 1. The molecule has 0 N–H and O–H groups in total. The van der Waals surface area contributed by atoms with Crippen LogP contribution in [0.4, 0.5) is 11.5 Å². The molecule has 7 nitrogen and oxygen atoms in total. The minimum atomic E-state index is -0.232. The van der Waals surface area contributed by atoms with Crippen LogP contribution >= 0.6 is 0 Å². The van der Waals surface area contributed by atoms with E-state index in [-0.39, 0.29) is 18.4 Å². The zero-order valence-electron chi connectivity index (χ0n) is 14.5. The minimum absolute atomic E-state index is 0.0212. The SMILES string of the molecule is CC(=O)N(CC(=O)N1CCN(c2ccccc2)CC1)c1cc(C)on1. The predicted molar refractivity (Wildman–Crippen MR) is 94.5 cm³/mol. The molecule has 0 aliphatic carbocycles. The lowest BCUT2D eigenvalue weighted by molar-refractivity contribution is -0.131. The van der Waals surface area contributed by atoms with Crippen molar-refractivity contribution in [3.05, 3.63) is 42.2 Å². The Morgan fingerprint density at radius 1 is 1.16 bits per heavy atom. The number of amides is 2.